The summed E-state index contributed by atoms with van der Waals surface area (Å²) in [5, 5.41) is 2.96. The second-order valence-corrected chi connectivity index (χ2v) is 8.49. The molecule has 0 aliphatic carbocycles. The number of ether oxygens (including phenoxy) is 1. The first-order chi connectivity index (χ1) is 11.7. The Morgan fingerprint density at radius 3 is 2.68 bits per heavy atom. The van der Waals surface area contributed by atoms with E-state index in [-0.39, 0.29) is 23.8 Å². The van der Waals surface area contributed by atoms with Crippen LogP contribution in [-0.4, -0.2) is 46.5 Å². The molecule has 0 spiro atoms. The normalized spacial score (nSPS) is 17.5. The Morgan fingerprint density at radius 2 is 2.04 bits per heavy atom. The quantitative estimate of drug-likeness (QED) is 0.873. The minimum Gasteiger partial charge on any atom is -0.493 e. The van der Waals surface area contributed by atoms with Crippen LogP contribution in [0.4, 0.5) is 0 Å². The molecule has 0 saturated carbocycles. The molecular formula is C19H28N2O3S. The molecule has 6 heteroatoms. The van der Waals surface area contributed by atoms with Crippen LogP contribution in [0.1, 0.15) is 38.3 Å². The van der Waals surface area contributed by atoms with E-state index >= 15 is 0 Å². The first-order valence-corrected chi connectivity index (χ1v) is 9.72. The van der Waals surface area contributed by atoms with E-state index in [0.717, 1.165) is 11.3 Å². The van der Waals surface area contributed by atoms with E-state index in [4.69, 9.17) is 4.74 Å². The third-order valence-electron chi connectivity index (χ3n) is 3.91. The van der Waals surface area contributed by atoms with Gasteiger partial charge in [0.1, 0.15) is 11.8 Å². The van der Waals surface area contributed by atoms with Crippen molar-refractivity contribution in [3.63, 3.8) is 0 Å². The lowest BCUT2D eigenvalue weighted by Crippen LogP contribution is -2.52. The van der Waals surface area contributed by atoms with E-state index in [0.29, 0.717) is 18.2 Å². The molecule has 1 aliphatic rings. The Kier molecular flexibility index (Phi) is 6.38. The molecule has 138 valence electrons. The van der Waals surface area contributed by atoms with Crippen molar-refractivity contribution in [2.24, 2.45) is 0 Å². The van der Waals surface area contributed by atoms with Crippen LogP contribution in [0.5, 0.6) is 5.75 Å². The zero-order valence-electron chi connectivity index (χ0n) is 15.7. The molecule has 1 unspecified atom stereocenters. The third-order valence-corrected chi connectivity index (χ3v) is 4.92. The van der Waals surface area contributed by atoms with Crippen LogP contribution in [-0.2, 0) is 9.59 Å². The molecule has 1 heterocycles. The van der Waals surface area contributed by atoms with Crippen molar-refractivity contribution < 1.29 is 14.3 Å². The van der Waals surface area contributed by atoms with Crippen molar-refractivity contribution in [3.05, 3.63) is 29.3 Å². The Bertz CT molecular complexity index is 640. The predicted molar refractivity (Wildman–Crippen MR) is 102 cm³/mol. The molecular weight excluding hydrogens is 336 g/mol. The third kappa shape index (κ3) is 5.66. The molecule has 0 bridgehead atoms. The number of carbonyl (C=O) groups is 2. The summed E-state index contributed by atoms with van der Waals surface area (Å²) in [5.74, 6) is 1.89. The smallest absolute Gasteiger partial charge is 0.244 e. The van der Waals surface area contributed by atoms with Gasteiger partial charge in [-0.1, -0.05) is 17.7 Å². The van der Waals surface area contributed by atoms with Gasteiger partial charge in [-0.05, 0) is 46.2 Å². The van der Waals surface area contributed by atoms with Crippen molar-refractivity contribution >= 4 is 23.6 Å². The first-order valence-electron chi connectivity index (χ1n) is 8.56. The summed E-state index contributed by atoms with van der Waals surface area (Å²) in [5.41, 5.74) is 1.94. The van der Waals surface area contributed by atoms with Gasteiger partial charge in [0, 0.05) is 11.3 Å². The Balaban J connectivity index is 1.88. The lowest BCUT2D eigenvalue weighted by atomic mass is 10.1. The van der Waals surface area contributed by atoms with Gasteiger partial charge in [-0.3, -0.25) is 9.59 Å². The fourth-order valence-electron chi connectivity index (χ4n) is 2.71. The SMILES string of the molecule is Cc1ccc(OCCC(=O)N2CSCC2C(=O)NC(C)(C)C)c(C)c1. The van der Waals surface area contributed by atoms with Gasteiger partial charge < -0.3 is 15.0 Å². The van der Waals surface area contributed by atoms with Crippen LogP contribution in [0.25, 0.3) is 0 Å². The van der Waals surface area contributed by atoms with Crippen molar-refractivity contribution in [2.45, 2.75) is 52.6 Å². The highest BCUT2D eigenvalue weighted by molar-refractivity contribution is 7.99. The number of rotatable bonds is 5. The molecule has 1 aromatic rings. The summed E-state index contributed by atoms with van der Waals surface area (Å²) >= 11 is 1.61. The summed E-state index contributed by atoms with van der Waals surface area (Å²) in [6.07, 6.45) is 0.271. The number of hydrogen-bond acceptors (Lipinski definition) is 4. The van der Waals surface area contributed by atoms with E-state index < -0.39 is 6.04 Å². The Hall–Kier alpha value is -1.69. The minimum atomic E-state index is -0.391. The number of thioether (sulfide) groups is 1. The summed E-state index contributed by atoms with van der Waals surface area (Å²) < 4.78 is 5.74. The van der Waals surface area contributed by atoms with E-state index in [2.05, 4.69) is 11.4 Å². The molecule has 0 aromatic heterocycles. The first kappa shape index (κ1) is 19.6. The molecule has 2 amide bonds. The van der Waals surface area contributed by atoms with Crippen LogP contribution in [0.3, 0.4) is 0 Å². The largest absolute Gasteiger partial charge is 0.493 e. The van der Waals surface area contributed by atoms with E-state index in [9.17, 15) is 9.59 Å². The number of amides is 2. The predicted octanol–water partition coefficient (Wildman–Crippen LogP) is 2.89. The fourth-order valence-corrected chi connectivity index (χ4v) is 3.89. The van der Waals surface area contributed by atoms with Gasteiger partial charge in [-0.25, -0.2) is 0 Å². The zero-order valence-corrected chi connectivity index (χ0v) is 16.5. The number of aryl methyl sites for hydroxylation is 2. The van der Waals surface area contributed by atoms with Gasteiger partial charge in [0.05, 0.1) is 18.9 Å². The van der Waals surface area contributed by atoms with E-state index in [1.54, 1.807) is 16.7 Å². The van der Waals surface area contributed by atoms with Crippen molar-refractivity contribution in [2.75, 3.05) is 18.2 Å². The van der Waals surface area contributed by atoms with Crippen molar-refractivity contribution in [1.29, 1.82) is 0 Å². The molecule has 1 atom stereocenters. The van der Waals surface area contributed by atoms with Gasteiger partial charge in [-0.15, -0.1) is 11.8 Å². The molecule has 1 aromatic carbocycles. The van der Waals surface area contributed by atoms with E-state index in [1.807, 2.05) is 46.8 Å². The number of benzene rings is 1. The lowest BCUT2D eigenvalue weighted by molar-refractivity contribution is -0.139. The standard InChI is InChI=1S/C19H28N2O3S/c1-13-6-7-16(14(2)10-13)24-9-8-17(22)21-12-25-11-15(21)18(23)20-19(3,4)5/h6-7,10,15H,8-9,11-12H2,1-5H3,(H,20,23). The summed E-state index contributed by atoms with van der Waals surface area (Å²) in [4.78, 5) is 26.6. The van der Waals surface area contributed by atoms with Crippen LogP contribution < -0.4 is 10.1 Å². The van der Waals surface area contributed by atoms with Crippen LogP contribution in [0.15, 0.2) is 18.2 Å². The Morgan fingerprint density at radius 1 is 1.32 bits per heavy atom. The molecule has 1 fully saturated rings. The molecule has 5 nitrogen and oxygen atoms in total. The molecule has 25 heavy (non-hydrogen) atoms. The van der Waals surface area contributed by atoms with Crippen LogP contribution >= 0.6 is 11.8 Å². The minimum absolute atomic E-state index is 0.0381. The summed E-state index contributed by atoms with van der Waals surface area (Å²) in [6.45, 7) is 10.2. The molecule has 1 saturated heterocycles. The highest BCUT2D eigenvalue weighted by atomic mass is 32.2. The number of nitrogens with one attached hydrogen (secondary N) is 1. The molecule has 0 radical (unpaired) electrons. The highest BCUT2D eigenvalue weighted by Crippen LogP contribution is 2.23. The summed E-state index contributed by atoms with van der Waals surface area (Å²) in [7, 11) is 0. The average Bonchev–Trinajstić information content (AvgIpc) is 2.97. The van der Waals surface area contributed by atoms with Gasteiger partial charge in [0.25, 0.3) is 0 Å². The maximum Gasteiger partial charge on any atom is 0.244 e. The average molecular weight is 365 g/mol. The maximum atomic E-state index is 12.5. The van der Waals surface area contributed by atoms with Gasteiger partial charge in [-0.2, -0.15) is 0 Å². The number of carbonyl (C=O) groups excluding carboxylic acids is 2. The monoisotopic (exact) mass is 364 g/mol. The van der Waals surface area contributed by atoms with Gasteiger partial charge in [0.15, 0.2) is 0 Å². The second kappa shape index (κ2) is 8.13. The summed E-state index contributed by atoms with van der Waals surface area (Å²) in [6, 6.07) is 5.59. The van der Waals surface area contributed by atoms with Crippen molar-refractivity contribution in [3.8, 4) is 5.75 Å². The fraction of sp³-hybridized carbons (Fsp3) is 0.579. The maximum absolute atomic E-state index is 12.5. The van der Waals surface area contributed by atoms with Crippen molar-refractivity contribution in [1.82, 2.24) is 10.2 Å². The number of hydrogen-bond donors (Lipinski definition) is 1. The molecule has 1 aliphatic heterocycles. The van der Waals surface area contributed by atoms with Crippen LogP contribution in [0, 0.1) is 13.8 Å². The topological polar surface area (TPSA) is 58.6 Å². The second-order valence-electron chi connectivity index (χ2n) is 7.49. The van der Waals surface area contributed by atoms with E-state index in [1.165, 1.54) is 5.56 Å². The highest BCUT2D eigenvalue weighted by Gasteiger charge is 2.35. The Labute approximate surface area is 154 Å². The molecule has 1 N–H and O–H groups in total. The zero-order chi connectivity index (χ0) is 18.6. The molecule has 2 rings (SSSR count). The van der Waals surface area contributed by atoms with Crippen LogP contribution in [0.2, 0.25) is 0 Å². The van der Waals surface area contributed by atoms with Gasteiger partial charge in [0.2, 0.25) is 11.8 Å². The number of nitrogens with zero attached hydrogens (tertiary/aromatic N) is 1. The lowest BCUT2D eigenvalue weighted by Gasteiger charge is -2.27. The van der Waals surface area contributed by atoms with Gasteiger partial charge >= 0.3 is 0 Å².